The third-order valence-electron chi connectivity index (χ3n) is 3.81. The third kappa shape index (κ3) is 3.01. The fraction of sp³-hybridized carbons (Fsp3) is 0.312. The number of rotatable bonds is 3. The Morgan fingerprint density at radius 1 is 1.27 bits per heavy atom. The van der Waals surface area contributed by atoms with Gasteiger partial charge in [-0.2, -0.15) is 0 Å². The Balaban J connectivity index is 1.76. The number of nitrogens with zero attached hydrogens (tertiary/aromatic N) is 2. The predicted octanol–water partition coefficient (Wildman–Crippen LogP) is 2.75. The molecule has 5 nitrogen and oxygen atoms in total. The molecule has 1 aromatic carbocycles. The van der Waals surface area contributed by atoms with Gasteiger partial charge in [0.25, 0.3) is 5.91 Å². The second-order valence-electron chi connectivity index (χ2n) is 5.33. The Bertz CT molecular complexity index is 684. The molecule has 1 amide bonds. The second kappa shape index (κ2) is 6.27. The smallest absolute Gasteiger partial charge is 0.308 e. The third-order valence-corrected chi connectivity index (χ3v) is 4.64. The lowest BCUT2D eigenvalue weighted by atomic mass is 9.98. The molecule has 22 heavy (non-hydrogen) atoms. The van der Waals surface area contributed by atoms with Crippen molar-refractivity contribution in [2.75, 3.05) is 13.1 Å². The molecule has 1 aromatic heterocycles. The molecule has 1 atom stereocenters. The van der Waals surface area contributed by atoms with Crippen LogP contribution in [-0.2, 0) is 4.79 Å². The molecule has 1 aliphatic rings. The highest BCUT2D eigenvalue weighted by atomic mass is 32.1. The van der Waals surface area contributed by atoms with Crippen LogP contribution in [0.4, 0.5) is 0 Å². The SMILES string of the molecule is O=C(O)C1CCCN(C(=O)c2nc(-c3ccccc3)cs2)C1. The lowest BCUT2D eigenvalue weighted by Gasteiger charge is -2.29. The lowest BCUT2D eigenvalue weighted by molar-refractivity contribution is -0.143. The molecule has 2 aromatic rings. The molecule has 2 heterocycles. The number of piperidine rings is 1. The molecule has 1 aliphatic heterocycles. The predicted molar refractivity (Wildman–Crippen MR) is 83.8 cm³/mol. The molecular formula is C16H16N2O3S. The van der Waals surface area contributed by atoms with Gasteiger partial charge in [-0.1, -0.05) is 30.3 Å². The summed E-state index contributed by atoms with van der Waals surface area (Å²) >= 11 is 1.31. The number of carboxylic acids is 1. The Morgan fingerprint density at radius 2 is 2.05 bits per heavy atom. The minimum absolute atomic E-state index is 0.168. The van der Waals surface area contributed by atoms with Gasteiger partial charge in [0.2, 0.25) is 0 Å². The molecule has 114 valence electrons. The van der Waals surface area contributed by atoms with Gasteiger partial charge in [0, 0.05) is 24.0 Å². The summed E-state index contributed by atoms with van der Waals surface area (Å²) in [5.74, 6) is -1.47. The molecule has 0 radical (unpaired) electrons. The van der Waals surface area contributed by atoms with E-state index in [0.717, 1.165) is 17.7 Å². The number of benzene rings is 1. The molecule has 0 aliphatic carbocycles. The van der Waals surface area contributed by atoms with Crippen molar-refractivity contribution in [1.82, 2.24) is 9.88 Å². The fourth-order valence-electron chi connectivity index (χ4n) is 2.61. The number of hydrogen-bond donors (Lipinski definition) is 1. The van der Waals surface area contributed by atoms with E-state index in [1.807, 2.05) is 35.7 Å². The first-order valence-corrected chi connectivity index (χ1v) is 8.06. The number of carbonyl (C=O) groups excluding carboxylic acids is 1. The van der Waals surface area contributed by atoms with Gasteiger partial charge in [-0.15, -0.1) is 11.3 Å². The van der Waals surface area contributed by atoms with Crippen LogP contribution >= 0.6 is 11.3 Å². The van der Waals surface area contributed by atoms with Crippen molar-refractivity contribution >= 4 is 23.2 Å². The zero-order chi connectivity index (χ0) is 15.5. The number of carboxylic acid groups (broad SMARTS) is 1. The highest BCUT2D eigenvalue weighted by Crippen LogP contribution is 2.24. The average Bonchev–Trinajstić information content (AvgIpc) is 3.05. The van der Waals surface area contributed by atoms with Crippen LogP contribution in [0.2, 0.25) is 0 Å². The number of thiazole rings is 1. The second-order valence-corrected chi connectivity index (χ2v) is 6.19. The normalized spacial score (nSPS) is 18.2. The number of amides is 1. The number of aromatic nitrogens is 1. The molecule has 1 fully saturated rings. The first-order chi connectivity index (χ1) is 10.6. The summed E-state index contributed by atoms with van der Waals surface area (Å²) < 4.78 is 0. The summed E-state index contributed by atoms with van der Waals surface area (Å²) in [6.45, 7) is 0.872. The van der Waals surface area contributed by atoms with Crippen LogP contribution in [-0.4, -0.2) is 40.0 Å². The van der Waals surface area contributed by atoms with E-state index in [2.05, 4.69) is 4.98 Å². The summed E-state index contributed by atoms with van der Waals surface area (Å²) in [7, 11) is 0. The molecule has 0 spiro atoms. The van der Waals surface area contributed by atoms with E-state index in [0.29, 0.717) is 18.0 Å². The maximum Gasteiger partial charge on any atom is 0.308 e. The van der Waals surface area contributed by atoms with E-state index >= 15 is 0 Å². The molecule has 6 heteroatoms. The van der Waals surface area contributed by atoms with Gasteiger partial charge in [0.1, 0.15) is 0 Å². The van der Waals surface area contributed by atoms with Crippen molar-refractivity contribution in [2.45, 2.75) is 12.8 Å². The number of aliphatic carboxylic acids is 1. The molecule has 1 saturated heterocycles. The molecule has 0 saturated carbocycles. The van der Waals surface area contributed by atoms with E-state index in [1.165, 1.54) is 11.3 Å². The van der Waals surface area contributed by atoms with Crippen molar-refractivity contribution < 1.29 is 14.7 Å². The number of carbonyl (C=O) groups is 2. The van der Waals surface area contributed by atoms with Gasteiger partial charge in [-0.3, -0.25) is 9.59 Å². The fourth-order valence-corrected chi connectivity index (χ4v) is 3.40. The maximum absolute atomic E-state index is 12.5. The van der Waals surface area contributed by atoms with Gasteiger partial charge in [0.05, 0.1) is 11.6 Å². The largest absolute Gasteiger partial charge is 0.481 e. The van der Waals surface area contributed by atoms with E-state index in [9.17, 15) is 9.59 Å². The Kier molecular flexibility index (Phi) is 4.20. The van der Waals surface area contributed by atoms with Crippen LogP contribution in [0.3, 0.4) is 0 Å². The van der Waals surface area contributed by atoms with Gasteiger partial charge in [0.15, 0.2) is 5.01 Å². The van der Waals surface area contributed by atoms with E-state index in [-0.39, 0.29) is 12.5 Å². The van der Waals surface area contributed by atoms with E-state index in [4.69, 9.17) is 5.11 Å². The Morgan fingerprint density at radius 3 is 2.77 bits per heavy atom. The number of hydrogen-bond acceptors (Lipinski definition) is 4. The van der Waals surface area contributed by atoms with Gasteiger partial charge in [-0.05, 0) is 12.8 Å². The molecular weight excluding hydrogens is 300 g/mol. The highest BCUT2D eigenvalue weighted by Gasteiger charge is 2.29. The number of likely N-dealkylation sites (tertiary alicyclic amines) is 1. The van der Waals surface area contributed by atoms with Crippen LogP contribution in [0.5, 0.6) is 0 Å². The molecule has 0 bridgehead atoms. The van der Waals surface area contributed by atoms with Crippen molar-refractivity contribution in [1.29, 1.82) is 0 Å². The summed E-state index contributed by atoms with van der Waals surface area (Å²) in [5.41, 5.74) is 1.75. The van der Waals surface area contributed by atoms with Crippen molar-refractivity contribution in [2.24, 2.45) is 5.92 Å². The highest BCUT2D eigenvalue weighted by molar-refractivity contribution is 7.12. The van der Waals surface area contributed by atoms with Crippen LogP contribution < -0.4 is 0 Å². The molecule has 1 unspecified atom stereocenters. The van der Waals surface area contributed by atoms with Gasteiger partial charge < -0.3 is 10.0 Å². The van der Waals surface area contributed by atoms with Crippen LogP contribution in [0.25, 0.3) is 11.3 Å². The Hall–Kier alpha value is -2.21. The Labute approximate surface area is 132 Å². The van der Waals surface area contributed by atoms with Crippen molar-refractivity contribution in [3.05, 3.63) is 40.7 Å². The summed E-state index contributed by atoms with van der Waals surface area (Å²) in [4.78, 5) is 29.6. The summed E-state index contributed by atoms with van der Waals surface area (Å²) in [6.07, 6.45) is 1.35. The monoisotopic (exact) mass is 316 g/mol. The standard InChI is InChI=1S/C16H16N2O3S/c19-15(18-8-4-7-12(9-18)16(20)21)14-17-13(10-22-14)11-5-2-1-3-6-11/h1-3,5-6,10,12H,4,7-9H2,(H,20,21). The lowest BCUT2D eigenvalue weighted by Crippen LogP contribution is -2.42. The quantitative estimate of drug-likeness (QED) is 0.945. The van der Waals surface area contributed by atoms with E-state index in [1.54, 1.807) is 4.90 Å². The zero-order valence-corrected chi connectivity index (χ0v) is 12.8. The van der Waals surface area contributed by atoms with Crippen LogP contribution in [0, 0.1) is 5.92 Å². The first kappa shape index (κ1) is 14.7. The van der Waals surface area contributed by atoms with Gasteiger partial charge >= 0.3 is 5.97 Å². The van der Waals surface area contributed by atoms with Crippen molar-refractivity contribution in [3.8, 4) is 11.3 Å². The summed E-state index contributed by atoms with van der Waals surface area (Å²) in [5, 5.41) is 11.4. The minimum Gasteiger partial charge on any atom is -0.481 e. The maximum atomic E-state index is 12.5. The van der Waals surface area contributed by atoms with Crippen LogP contribution in [0.1, 0.15) is 22.6 Å². The minimum atomic E-state index is -0.832. The van der Waals surface area contributed by atoms with Gasteiger partial charge in [-0.25, -0.2) is 4.98 Å². The zero-order valence-electron chi connectivity index (χ0n) is 11.9. The molecule has 3 rings (SSSR count). The molecule has 1 N–H and O–H groups in total. The van der Waals surface area contributed by atoms with Crippen LogP contribution in [0.15, 0.2) is 35.7 Å². The van der Waals surface area contributed by atoms with E-state index < -0.39 is 11.9 Å². The van der Waals surface area contributed by atoms with Crippen molar-refractivity contribution in [3.63, 3.8) is 0 Å². The topological polar surface area (TPSA) is 70.5 Å². The average molecular weight is 316 g/mol. The first-order valence-electron chi connectivity index (χ1n) is 7.18. The summed E-state index contributed by atoms with van der Waals surface area (Å²) in [6, 6.07) is 9.69.